The monoisotopic (exact) mass is 135 g/mol. The van der Waals surface area contributed by atoms with E-state index in [1.165, 1.54) is 0 Å². The van der Waals surface area contributed by atoms with E-state index in [0.717, 1.165) is 6.42 Å². The lowest BCUT2D eigenvalue weighted by Gasteiger charge is -1.92. The van der Waals surface area contributed by atoms with Gasteiger partial charge in [-0.15, -0.1) is 5.73 Å². The van der Waals surface area contributed by atoms with E-state index in [2.05, 4.69) is 18.7 Å². The topological polar surface area (TPSA) is 23.8 Å². The standard InChI is InChI=1S/C9H13N/c1-3-4-5-6-9(2)7-8-10/h4,6,9H,3,7H2,1-2H3/t5?,9-/m1/s1. The van der Waals surface area contributed by atoms with Gasteiger partial charge in [-0.1, -0.05) is 13.8 Å². The van der Waals surface area contributed by atoms with Crippen molar-refractivity contribution in [1.82, 2.24) is 0 Å². The Balaban J connectivity index is 3.67. The molecule has 0 N–H and O–H groups in total. The highest BCUT2D eigenvalue weighted by Gasteiger charge is 1.91. The summed E-state index contributed by atoms with van der Waals surface area (Å²) < 4.78 is 0. The molecule has 0 unspecified atom stereocenters. The Kier molecular flexibility index (Phi) is 5.53. The number of nitrogens with zero attached hydrogens (tertiary/aromatic N) is 1. The first-order valence-electron chi connectivity index (χ1n) is 3.59. The minimum absolute atomic E-state index is 0.341. The van der Waals surface area contributed by atoms with Gasteiger partial charge in [-0.2, -0.15) is 5.26 Å². The zero-order valence-corrected chi connectivity index (χ0v) is 6.59. The van der Waals surface area contributed by atoms with E-state index in [-0.39, 0.29) is 0 Å². The van der Waals surface area contributed by atoms with Crippen molar-refractivity contribution in [3.8, 4) is 6.07 Å². The first kappa shape index (κ1) is 9.01. The van der Waals surface area contributed by atoms with Crippen molar-refractivity contribution in [2.24, 2.45) is 5.92 Å². The van der Waals surface area contributed by atoms with Crippen LogP contribution in [-0.4, -0.2) is 0 Å². The Morgan fingerprint density at radius 2 is 2.30 bits per heavy atom. The first-order chi connectivity index (χ1) is 4.81. The molecule has 1 heteroatoms. The van der Waals surface area contributed by atoms with Gasteiger partial charge in [0.1, 0.15) is 0 Å². The van der Waals surface area contributed by atoms with Gasteiger partial charge in [0.15, 0.2) is 0 Å². The zero-order valence-electron chi connectivity index (χ0n) is 6.59. The Morgan fingerprint density at radius 3 is 2.80 bits per heavy atom. The van der Waals surface area contributed by atoms with Gasteiger partial charge in [-0.25, -0.2) is 0 Å². The normalized spacial score (nSPS) is 10.9. The molecule has 0 saturated carbocycles. The van der Waals surface area contributed by atoms with E-state index in [1.54, 1.807) is 0 Å². The van der Waals surface area contributed by atoms with E-state index in [9.17, 15) is 0 Å². The fourth-order valence-corrected chi connectivity index (χ4v) is 0.553. The zero-order chi connectivity index (χ0) is 7.82. The summed E-state index contributed by atoms with van der Waals surface area (Å²) in [6.07, 6.45) is 5.50. The van der Waals surface area contributed by atoms with Crippen LogP contribution in [0, 0.1) is 17.2 Å². The van der Waals surface area contributed by atoms with Crippen molar-refractivity contribution < 1.29 is 0 Å². The van der Waals surface area contributed by atoms with E-state index in [1.807, 2.05) is 19.1 Å². The van der Waals surface area contributed by atoms with Gasteiger partial charge >= 0.3 is 0 Å². The lowest BCUT2D eigenvalue weighted by atomic mass is 10.1. The molecule has 0 amide bonds. The second kappa shape index (κ2) is 6.13. The number of allylic oxidation sites excluding steroid dienone is 1. The summed E-state index contributed by atoms with van der Waals surface area (Å²) in [7, 11) is 0. The van der Waals surface area contributed by atoms with E-state index in [4.69, 9.17) is 5.26 Å². The van der Waals surface area contributed by atoms with Crippen LogP contribution in [0.5, 0.6) is 0 Å². The average Bonchev–Trinajstić information content (AvgIpc) is 1.89. The van der Waals surface area contributed by atoms with Crippen LogP contribution in [-0.2, 0) is 0 Å². The van der Waals surface area contributed by atoms with Crippen LogP contribution >= 0.6 is 0 Å². The fraction of sp³-hybridized carbons (Fsp3) is 0.556. The third-order valence-electron chi connectivity index (χ3n) is 1.12. The van der Waals surface area contributed by atoms with Crippen LogP contribution < -0.4 is 0 Å². The van der Waals surface area contributed by atoms with E-state index >= 15 is 0 Å². The largest absolute Gasteiger partial charge is 0.198 e. The predicted octanol–water partition coefficient (Wildman–Crippen LogP) is 2.66. The predicted molar refractivity (Wildman–Crippen MR) is 42.3 cm³/mol. The van der Waals surface area contributed by atoms with Crippen molar-refractivity contribution in [1.29, 1.82) is 5.26 Å². The number of nitriles is 1. The highest BCUT2D eigenvalue weighted by atomic mass is 14.2. The van der Waals surface area contributed by atoms with Gasteiger partial charge in [0.2, 0.25) is 0 Å². The summed E-state index contributed by atoms with van der Waals surface area (Å²) in [4.78, 5) is 0. The van der Waals surface area contributed by atoms with Gasteiger partial charge < -0.3 is 0 Å². The molecule has 0 heterocycles. The molecule has 0 radical (unpaired) electrons. The van der Waals surface area contributed by atoms with Crippen molar-refractivity contribution in [2.45, 2.75) is 26.7 Å². The summed E-state index contributed by atoms with van der Waals surface area (Å²) in [5.41, 5.74) is 3.02. The van der Waals surface area contributed by atoms with Gasteiger partial charge in [-0.3, -0.25) is 0 Å². The molecular formula is C9H13N. The Bertz CT molecular complexity index is 168. The number of hydrogen-bond acceptors (Lipinski definition) is 1. The van der Waals surface area contributed by atoms with Gasteiger partial charge in [-0.05, 0) is 24.5 Å². The maximum atomic E-state index is 8.29. The molecule has 0 aromatic heterocycles. The average molecular weight is 135 g/mol. The molecule has 0 aromatic rings. The summed E-state index contributed by atoms with van der Waals surface area (Å²) in [6.45, 7) is 4.08. The molecule has 1 nitrogen and oxygen atoms in total. The number of rotatable bonds is 3. The van der Waals surface area contributed by atoms with Crippen molar-refractivity contribution in [2.75, 3.05) is 0 Å². The summed E-state index contributed by atoms with van der Waals surface area (Å²) in [6, 6.07) is 2.11. The van der Waals surface area contributed by atoms with Crippen LogP contribution in [0.3, 0.4) is 0 Å². The minimum atomic E-state index is 0.341. The quantitative estimate of drug-likeness (QED) is 0.546. The molecule has 0 aliphatic carbocycles. The number of hydrogen-bond donors (Lipinski definition) is 0. The van der Waals surface area contributed by atoms with Crippen molar-refractivity contribution in [3.05, 3.63) is 17.9 Å². The van der Waals surface area contributed by atoms with E-state index < -0.39 is 0 Å². The molecule has 0 aliphatic rings. The second-order valence-electron chi connectivity index (χ2n) is 2.29. The van der Waals surface area contributed by atoms with Crippen LogP contribution in [0.1, 0.15) is 26.7 Å². The third-order valence-corrected chi connectivity index (χ3v) is 1.12. The molecule has 0 fully saturated rings. The Hall–Kier alpha value is -0.990. The van der Waals surface area contributed by atoms with Gasteiger partial charge in [0.05, 0.1) is 6.07 Å². The van der Waals surface area contributed by atoms with Gasteiger partial charge in [0, 0.05) is 6.42 Å². The minimum Gasteiger partial charge on any atom is -0.198 e. The van der Waals surface area contributed by atoms with Crippen LogP contribution in [0.4, 0.5) is 0 Å². The van der Waals surface area contributed by atoms with E-state index in [0.29, 0.717) is 12.3 Å². The third kappa shape index (κ3) is 5.15. The second-order valence-corrected chi connectivity index (χ2v) is 2.29. The summed E-state index contributed by atoms with van der Waals surface area (Å²) >= 11 is 0. The molecule has 54 valence electrons. The lowest BCUT2D eigenvalue weighted by Crippen LogP contribution is -1.83. The Morgan fingerprint density at radius 1 is 1.60 bits per heavy atom. The highest BCUT2D eigenvalue weighted by Crippen LogP contribution is 2.00. The lowest BCUT2D eigenvalue weighted by molar-refractivity contribution is 0.754. The smallest absolute Gasteiger partial charge is 0.0628 e. The van der Waals surface area contributed by atoms with Crippen LogP contribution in [0.25, 0.3) is 0 Å². The first-order valence-corrected chi connectivity index (χ1v) is 3.59. The van der Waals surface area contributed by atoms with Crippen LogP contribution in [0.15, 0.2) is 17.9 Å². The van der Waals surface area contributed by atoms with Gasteiger partial charge in [0.25, 0.3) is 0 Å². The molecule has 0 bridgehead atoms. The summed E-state index contributed by atoms with van der Waals surface area (Å²) in [5, 5.41) is 8.29. The molecule has 10 heavy (non-hydrogen) atoms. The molecule has 1 atom stereocenters. The SMILES string of the molecule is CCC=C=C[C@@H](C)CC#N. The molecular weight excluding hydrogens is 122 g/mol. The fourth-order valence-electron chi connectivity index (χ4n) is 0.553. The Labute approximate surface area is 62.7 Å². The van der Waals surface area contributed by atoms with Crippen LogP contribution in [0.2, 0.25) is 0 Å². The molecule has 0 aliphatic heterocycles. The molecule has 0 spiro atoms. The summed E-state index contributed by atoms with van der Waals surface area (Å²) in [5.74, 6) is 0.341. The maximum Gasteiger partial charge on any atom is 0.0628 e. The molecule has 0 rings (SSSR count). The molecule has 0 aromatic carbocycles. The highest BCUT2D eigenvalue weighted by molar-refractivity contribution is 4.91. The van der Waals surface area contributed by atoms with Crippen molar-refractivity contribution >= 4 is 0 Å². The maximum absolute atomic E-state index is 8.29. The van der Waals surface area contributed by atoms with Crippen molar-refractivity contribution in [3.63, 3.8) is 0 Å². The molecule has 0 saturated heterocycles.